The van der Waals surface area contributed by atoms with Gasteiger partial charge in [-0.2, -0.15) is 5.10 Å². The molecule has 0 aliphatic carbocycles. The fourth-order valence-electron chi connectivity index (χ4n) is 2.71. The van der Waals surface area contributed by atoms with Crippen LogP contribution in [0.2, 0.25) is 0 Å². The number of rotatable bonds is 6. The molecular formula is C18H22FN3O3. The van der Waals surface area contributed by atoms with Gasteiger partial charge in [0, 0.05) is 24.3 Å². The molecule has 6 nitrogen and oxygen atoms in total. The quantitative estimate of drug-likeness (QED) is 0.841. The van der Waals surface area contributed by atoms with Gasteiger partial charge in [-0.3, -0.25) is 14.3 Å². The number of nitrogens with one attached hydrogen (secondary N) is 1. The lowest BCUT2D eigenvalue weighted by Gasteiger charge is -2.13. The number of nitrogens with zero attached hydrogens (tertiary/aromatic N) is 2. The topological polar surface area (TPSA) is 84.2 Å². The Balaban J connectivity index is 2.06. The minimum Gasteiger partial charge on any atom is -0.481 e. The van der Waals surface area contributed by atoms with E-state index in [1.807, 2.05) is 20.9 Å². The number of hydrogen-bond acceptors (Lipinski definition) is 3. The molecule has 0 saturated heterocycles. The Morgan fingerprint density at radius 1 is 1.36 bits per heavy atom. The Hall–Kier alpha value is -2.70. The van der Waals surface area contributed by atoms with Crippen molar-refractivity contribution in [3.63, 3.8) is 0 Å². The normalized spacial score (nSPS) is 12.0. The van der Waals surface area contributed by atoms with Crippen molar-refractivity contribution in [2.75, 3.05) is 5.32 Å². The van der Waals surface area contributed by atoms with Gasteiger partial charge in [0.2, 0.25) is 5.91 Å². The fourth-order valence-corrected chi connectivity index (χ4v) is 2.71. The van der Waals surface area contributed by atoms with E-state index in [9.17, 15) is 14.0 Å². The maximum atomic E-state index is 13.9. The van der Waals surface area contributed by atoms with Crippen molar-refractivity contribution in [2.24, 2.45) is 13.0 Å². The third-order valence-corrected chi connectivity index (χ3v) is 4.28. The molecule has 7 heteroatoms. The summed E-state index contributed by atoms with van der Waals surface area (Å²) in [6.07, 6.45) is 0.146. The highest BCUT2D eigenvalue weighted by molar-refractivity contribution is 5.92. The lowest BCUT2D eigenvalue weighted by molar-refractivity contribution is -0.136. The molecule has 25 heavy (non-hydrogen) atoms. The molecule has 0 saturated carbocycles. The summed E-state index contributed by atoms with van der Waals surface area (Å²) in [6.45, 7) is 5.66. The van der Waals surface area contributed by atoms with Crippen molar-refractivity contribution < 1.29 is 19.1 Å². The number of carboxylic acid groups (broad SMARTS) is 1. The van der Waals surface area contributed by atoms with Crippen molar-refractivity contribution in [1.82, 2.24) is 9.78 Å². The van der Waals surface area contributed by atoms with Crippen LogP contribution < -0.4 is 5.32 Å². The molecule has 0 bridgehead atoms. The van der Waals surface area contributed by atoms with Gasteiger partial charge in [0.05, 0.1) is 12.1 Å². The van der Waals surface area contributed by atoms with Gasteiger partial charge in [-0.05, 0) is 43.5 Å². The van der Waals surface area contributed by atoms with Gasteiger partial charge in [-0.1, -0.05) is 13.0 Å². The van der Waals surface area contributed by atoms with Crippen LogP contribution in [0.4, 0.5) is 10.1 Å². The lowest BCUT2D eigenvalue weighted by Crippen LogP contribution is -2.22. The molecule has 0 radical (unpaired) electrons. The van der Waals surface area contributed by atoms with Gasteiger partial charge in [0.25, 0.3) is 0 Å². The number of halogens is 1. The largest absolute Gasteiger partial charge is 0.481 e. The van der Waals surface area contributed by atoms with E-state index >= 15 is 0 Å². The third-order valence-electron chi connectivity index (χ3n) is 4.28. The second-order valence-corrected chi connectivity index (χ2v) is 6.24. The van der Waals surface area contributed by atoms with Crippen LogP contribution >= 0.6 is 0 Å². The number of amides is 1. The van der Waals surface area contributed by atoms with Gasteiger partial charge in [-0.25, -0.2) is 4.39 Å². The summed E-state index contributed by atoms with van der Waals surface area (Å²) >= 11 is 0. The van der Waals surface area contributed by atoms with Crippen molar-refractivity contribution in [2.45, 2.75) is 33.6 Å². The zero-order chi connectivity index (χ0) is 18.7. The Morgan fingerprint density at radius 2 is 2.04 bits per heavy atom. The number of carboxylic acids is 1. The van der Waals surface area contributed by atoms with Crippen LogP contribution in [0.3, 0.4) is 0 Å². The summed E-state index contributed by atoms with van der Waals surface area (Å²) in [4.78, 5) is 23.0. The summed E-state index contributed by atoms with van der Waals surface area (Å²) in [5, 5.41) is 15.7. The maximum absolute atomic E-state index is 13.9. The zero-order valence-electron chi connectivity index (χ0n) is 14.8. The molecule has 0 unspecified atom stereocenters. The van der Waals surface area contributed by atoms with Crippen LogP contribution in [0, 0.1) is 25.6 Å². The number of hydrogen-bond donors (Lipinski definition) is 2. The first-order chi connectivity index (χ1) is 11.7. The van der Waals surface area contributed by atoms with Crippen molar-refractivity contribution in [1.29, 1.82) is 0 Å². The first-order valence-electron chi connectivity index (χ1n) is 7.99. The van der Waals surface area contributed by atoms with Gasteiger partial charge in [-0.15, -0.1) is 0 Å². The van der Waals surface area contributed by atoms with Crippen LogP contribution in [-0.2, 0) is 29.5 Å². The summed E-state index contributed by atoms with van der Waals surface area (Å²) in [5.41, 5.74) is 3.33. The van der Waals surface area contributed by atoms with Crippen LogP contribution in [0.5, 0.6) is 0 Å². The van der Waals surface area contributed by atoms with E-state index in [1.165, 1.54) is 12.1 Å². The fraction of sp³-hybridized carbons (Fsp3) is 0.389. The molecule has 0 spiro atoms. The summed E-state index contributed by atoms with van der Waals surface area (Å²) in [6, 6.07) is 4.02. The summed E-state index contributed by atoms with van der Waals surface area (Å²) in [5.74, 6) is -2.30. The van der Waals surface area contributed by atoms with Crippen molar-refractivity contribution in [3.8, 4) is 0 Å². The average Bonchev–Trinajstić information content (AvgIpc) is 2.76. The van der Waals surface area contributed by atoms with Gasteiger partial charge >= 0.3 is 5.97 Å². The molecule has 1 amide bonds. The molecule has 2 aromatic rings. The number of aryl methyl sites for hydroxylation is 2. The molecule has 1 aromatic carbocycles. The molecule has 1 atom stereocenters. The molecular weight excluding hydrogens is 325 g/mol. The number of aromatic nitrogens is 2. The number of carbonyl (C=O) groups is 2. The van der Waals surface area contributed by atoms with Gasteiger partial charge in [0.1, 0.15) is 5.82 Å². The van der Waals surface area contributed by atoms with E-state index in [4.69, 9.17) is 5.11 Å². The third kappa shape index (κ3) is 4.43. The van der Waals surface area contributed by atoms with Crippen molar-refractivity contribution in [3.05, 3.63) is 46.5 Å². The lowest BCUT2D eigenvalue weighted by atomic mass is 9.98. The highest BCUT2D eigenvalue weighted by atomic mass is 19.1. The second-order valence-electron chi connectivity index (χ2n) is 6.24. The van der Waals surface area contributed by atoms with E-state index in [0.29, 0.717) is 12.1 Å². The van der Waals surface area contributed by atoms with Crippen LogP contribution in [0.1, 0.15) is 29.4 Å². The van der Waals surface area contributed by atoms with E-state index in [-0.39, 0.29) is 17.4 Å². The first kappa shape index (κ1) is 18.6. The molecule has 0 fully saturated rings. The van der Waals surface area contributed by atoms with Crippen LogP contribution in [-0.4, -0.2) is 26.8 Å². The Labute approximate surface area is 145 Å². The highest BCUT2D eigenvalue weighted by Crippen LogP contribution is 2.20. The van der Waals surface area contributed by atoms with Gasteiger partial charge in [0.15, 0.2) is 0 Å². The average molecular weight is 347 g/mol. The summed E-state index contributed by atoms with van der Waals surface area (Å²) < 4.78 is 15.7. The van der Waals surface area contributed by atoms with E-state index in [2.05, 4.69) is 10.4 Å². The second kappa shape index (κ2) is 7.46. The number of aliphatic carboxylic acids is 1. The smallest absolute Gasteiger partial charge is 0.307 e. The first-order valence-corrected chi connectivity index (χ1v) is 7.99. The Morgan fingerprint density at radius 3 is 2.56 bits per heavy atom. The molecule has 2 N–H and O–H groups in total. The maximum Gasteiger partial charge on any atom is 0.307 e. The molecule has 0 aliphatic heterocycles. The molecule has 134 valence electrons. The van der Waals surface area contributed by atoms with E-state index < -0.39 is 18.2 Å². The molecule has 0 aliphatic rings. The zero-order valence-corrected chi connectivity index (χ0v) is 14.8. The molecule has 2 rings (SSSR count). The highest BCUT2D eigenvalue weighted by Gasteiger charge is 2.19. The Bertz CT molecular complexity index is 814. The standard InChI is InChI=1S/C18H22FN3O3/c1-10(7-15-11(2)21-22(4)12(15)3)18(25)20-14-6-5-13(8-17(23)24)16(19)9-14/h5-6,9-10H,7-8H2,1-4H3,(H,20,25)(H,23,24)/t10-/m1/s1. The number of carbonyl (C=O) groups excluding carboxylic acids is 1. The monoisotopic (exact) mass is 347 g/mol. The molecule has 1 heterocycles. The minimum atomic E-state index is -1.11. The van der Waals surface area contributed by atoms with Gasteiger partial charge < -0.3 is 10.4 Å². The van der Waals surface area contributed by atoms with Crippen LogP contribution in [0.15, 0.2) is 18.2 Å². The predicted molar refractivity (Wildman–Crippen MR) is 91.9 cm³/mol. The van der Waals surface area contributed by atoms with E-state index in [1.54, 1.807) is 11.6 Å². The SMILES string of the molecule is Cc1nn(C)c(C)c1C[C@@H](C)C(=O)Nc1ccc(CC(=O)O)c(F)c1. The number of anilines is 1. The van der Waals surface area contributed by atoms with Crippen LogP contribution in [0.25, 0.3) is 0 Å². The minimum absolute atomic E-state index is 0.0835. The van der Waals surface area contributed by atoms with Crippen molar-refractivity contribution >= 4 is 17.6 Å². The molecule has 1 aromatic heterocycles. The van der Waals surface area contributed by atoms with E-state index in [0.717, 1.165) is 23.0 Å². The summed E-state index contributed by atoms with van der Waals surface area (Å²) in [7, 11) is 1.86. The number of benzene rings is 1. The Kier molecular flexibility index (Phi) is 5.56. The predicted octanol–water partition coefficient (Wildman–Crippen LogP) is 2.62.